The average Bonchev–Trinajstić information content (AvgIpc) is 2.09. The van der Waals surface area contributed by atoms with Gasteiger partial charge in [-0.25, -0.2) is 9.59 Å². The van der Waals surface area contributed by atoms with E-state index >= 15 is 0 Å². The lowest BCUT2D eigenvalue weighted by atomic mass is 10.2. The van der Waals surface area contributed by atoms with Crippen LogP contribution in [0.2, 0.25) is 0 Å². The minimum atomic E-state index is -1.13. The van der Waals surface area contributed by atoms with Crippen molar-refractivity contribution in [1.29, 1.82) is 0 Å². The smallest absolute Gasteiger partial charge is 0.335 e. The molecule has 14 heavy (non-hydrogen) atoms. The van der Waals surface area contributed by atoms with E-state index in [4.69, 9.17) is 10.2 Å². The first-order valence-electron chi connectivity index (χ1n) is 3.71. The van der Waals surface area contributed by atoms with E-state index in [0.717, 1.165) is 12.2 Å². The highest BCUT2D eigenvalue weighted by molar-refractivity contribution is 5.90. The van der Waals surface area contributed by atoms with Crippen LogP contribution in [0.5, 0.6) is 0 Å². The summed E-state index contributed by atoms with van der Waals surface area (Å²) in [5.41, 5.74) is -0.0117. The molecule has 0 amide bonds. The molecule has 0 aromatic heterocycles. The van der Waals surface area contributed by atoms with Crippen LogP contribution in [0.4, 0.5) is 0 Å². The molecule has 0 aliphatic heterocycles. The summed E-state index contributed by atoms with van der Waals surface area (Å²) >= 11 is 0. The molecule has 0 saturated heterocycles. The highest BCUT2D eigenvalue weighted by Gasteiger charge is 1.99. The summed E-state index contributed by atoms with van der Waals surface area (Å²) in [4.78, 5) is 20.6. The summed E-state index contributed by atoms with van der Waals surface area (Å²) < 4.78 is 0. The van der Waals surface area contributed by atoms with Crippen molar-refractivity contribution in [1.82, 2.24) is 0 Å². The Hall–Kier alpha value is -2.10. The minimum Gasteiger partial charge on any atom is -0.478 e. The maximum Gasteiger partial charge on any atom is 0.335 e. The van der Waals surface area contributed by atoms with Crippen molar-refractivity contribution in [2.75, 3.05) is 0 Å². The van der Waals surface area contributed by atoms with Gasteiger partial charge in [0.2, 0.25) is 0 Å². The molecule has 4 nitrogen and oxygen atoms in total. The molecule has 0 radical (unpaired) electrons. The van der Waals surface area contributed by atoms with Crippen molar-refractivity contribution in [3.63, 3.8) is 0 Å². The van der Waals surface area contributed by atoms with Crippen molar-refractivity contribution >= 4 is 11.9 Å². The van der Waals surface area contributed by atoms with E-state index in [1.165, 1.54) is 24.3 Å². The quantitative estimate of drug-likeness (QED) is 0.512. The van der Waals surface area contributed by atoms with Gasteiger partial charge in [0.25, 0.3) is 0 Å². The fourth-order valence-corrected chi connectivity index (χ4v) is 0.604. The van der Waals surface area contributed by atoms with Gasteiger partial charge in [-0.3, -0.25) is 0 Å². The summed E-state index contributed by atoms with van der Waals surface area (Å²) in [5, 5.41) is 16.9. The molecule has 0 heterocycles. The third-order valence-electron chi connectivity index (χ3n) is 1.17. The van der Waals surface area contributed by atoms with Crippen molar-refractivity contribution in [2.24, 2.45) is 0 Å². The summed E-state index contributed by atoms with van der Waals surface area (Å²) in [6.45, 7) is 3.38. The lowest BCUT2D eigenvalue weighted by molar-refractivity contribution is -0.133. The van der Waals surface area contributed by atoms with Crippen LogP contribution in [0.1, 0.15) is 0 Å². The average molecular weight is 194 g/mol. The van der Waals surface area contributed by atoms with Crippen LogP contribution in [0, 0.1) is 0 Å². The van der Waals surface area contributed by atoms with Gasteiger partial charge in [-0.05, 0) is 12.2 Å². The molecule has 0 fully saturated rings. The Morgan fingerprint density at radius 3 is 2.14 bits per heavy atom. The predicted octanol–water partition coefficient (Wildman–Crippen LogP) is 1.38. The first-order chi connectivity index (χ1) is 6.57. The van der Waals surface area contributed by atoms with E-state index in [0.29, 0.717) is 0 Å². The van der Waals surface area contributed by atoms with Gasteiger partial charge in [-0.15, -0.1) is 0 Å². The Morgan fingerprint density at radius 1 is 1.07 bits per heavy atom. The Balaban J connectivity index is 4.65. The molecule has 0 aromatic rings. The first kappa shape index (κ1) is 11.9. The predicted molar refractivity (Wildman–Crippen MR) is 51.8 cm³/mol. The Bertz CT molecular complexity index is 321. The number of carboxylic acid groups (broad SMARTS) is 2. The van der Waals surface area contributed by atoms with Crippen LogP contribution in [-0.4, -0.2) is 22.2 Å². The minimum absolute atomic E-state index is 0.0117. The fourth-order valence-electron chi connectivity index (χ4n) is 0.604. The van der Waals surface area contributed by atoms with Gasteiger partial charge < -0.3 is 10.2 Å². The maximum absolute atomic E-state index is 10.5. The summed E-state index contributed by atoms with van der Waals surface area (Å²) in [6.07, 6.45) is 7.40. The van der Waals surface area contributed by atoms with Crippen LogP contribution in [0.25, 0.3) is 0 Å². The Labute approximate surface area is 81.2 Å². The molecule has 0 aliphatic rings. The second kappa shape index (κ2) is 6.42. The van der Waals surface area contributed by atoms with Crippen LogP contribution < -0.4 is 0 Å². The second-order valence-corrected chi connectivity index (χ2v) is 2.22. The normalized spacial score (nSPS) is 12.1. The van der Waals surface area contributed by atoms with Gasteiger partial charge in [0.1, 0.15) is 0 Å². The van der Waals surface area contributed by atoms with Crippen LogP contribution in [0.3, 0.4) is 0 Å². The van der Waals surface area contributed by atoms with Crippen LogP contribution in [-0.2, 0) is 9.59 Å². The van der Waals surface area contributed by atoms with Crippen molar-refractivity contribution in [2.45, 2.75) is 0 Å². The molecule has 0 bridgehead atoms. The lowest BCUT2D eigenvalue weighted by Gasteiger charge is -1.90. The molecular formula is C10H10O4. The third-order valence-corrected chi connectivity index (χ3v) is 1.17. The maximum atomic E-state index is 10.5. The van der Waals surface area contributed by atoms with E-state index in [9.17, 15) is 9.59 Å². The summed E-state index contributed by atoms with van der Waals surface area (Å²) in [5.74, 6) is -2.25. The summed E-state index contributed by atoms with van der Waals surface area (Å²) in [7, 11) is 0. The third kappa shape index (κ3) is 5.54. The standard InChI is InChI=1S/C10H10O4/c1-2-3-5-8(10(13)14)6-4-7-9(11)12/h2-7H,1H2,(H,11,12)(H,13,14). The molecule has 4 heteroatoms. The molecular weight excluding hydrogens is 184 g/mol. The fraction of sp³-hybridized carbons (Fsp3) is 0. The second-order valence-electron chi connectivity index (χ2n) is 2.22. The highest BCUT2D eigenvalue weighted by atomic mass is 16.4. The van der Waals surface area contributed by atoms with Gasteiger partial charge in [-0.2, -0.15) is 0 Å². The van der Waals surface area contributed by atoms with Gasteiger partial charge >= 0.3 is 11.9 Å². The zero-order valence-corrected chi connectivity index (χ0v) is 7.38. The largest absolute Gasteiger partial charge is 0.478 e. The molecule has 0 aliphatic carbocycles. The number of allylic oxidation sites excluding steroid dienone is 4. The van der Waals surface area contributed by atoms with E-state index < -0.39 is 11.9 Å². The van der Waals surface area contributed by atoms with Crippen LogP contribution in [0.15, 0.2) is 48.6 Å². The molecule has 0 unspecified atom stereocenters. The van der Waals surface area contributed by atoms with Crippen molar-refractivity contribution < 1.29 is 19.8 Å². The lowest BCUT2D eigenvalue weighted by Crippen LogP contribution is -1.96. The van der Waals surface area contributed by atoms with Crippen molar-refractivity contribution in [3.8, 4) is 0 Å². The van der Waals surface area contributed by atoms with Crippen LogP contribution >= 0.6 is 0 Å². The first-order valence-corrected chi connectivity index (χ1v) is 3.71. The molecule has 2 N–H and O–H groups in total. The van der Waals surface area contributed by atoms with E-state index in [1.54, 1.807) is 0 Å². The highest BCUT2D eigenvalue weighted by Crippen LogP contribution is 1.98. The monoisotopic (exact) mass is 194 g/mol. The zero-order chi connectivity index (χ0) is 11.0. The van der Waals surface area contributed by atoms with E-state index in [-0.39, 0.29) is 5.57 Å². The molecule has 0 saturated carbocycles. The number of carbonyl (C=O) groups is 2. The molecule has 74 valence electrons. The number of hydrogen-bond acceptors (Lipinski definition) is 2. The van der Waals surface area contributed by atoms with Gasteiger partial charge in [0, 0.05) is 6.08 Å². The van der Waals surface area contributed by atoms with Crippen molar-refractivity contribution in [3.05, 3.63) is 48.6 Å². The molecule has 0 aromatic carbocycles. The zero-order valence-electron chi connectivity index (χ0n) is 7.38. The topological polar surface area (TPSA) is 74.6 Å². The van der Waals surface area contributed by atoms with Gasteiger partial charge in [-0.1, -0.05) is 24.8 Å². The van der Waals surface area contributed by atoms with Gasteiger partial charge in [0.05, 0.1) is 5.57 Å². The Kier molecular flexibility index (Phi) is 5.46. The number of aliphatic carboxylic acids is 2. The van der Waals surface area contributed by atoms with E-state index in [2.05, 4.69) is 6.58 Å². The number of hydrogen-bond donors (Lipinski definition) is 2. The summed E-state index contributed by atoms with van der Waals surface area (Å²) in [6, 6.07) is 0. The van der Waals surface area contributed by atoms with E-state index in [1.807, 2.05) is 0 Å². The molecule has 0 spiro atoms. The molecule has 0 rings (SSSR count). The number of carboxylic acids is 2. The molecule has 0 atom stereocenters. The van der Waals surface area contributed by atoms with Gasteiger partial charge in [0.15, 0.2) is 0 Å². The SMILES string of the molecule is C=CC=CC(=CC=CC(=O)O)C(=O)O. The number of rotatable bonds is 5. The Morgan fingerprint density at radius 2 is 1.71 bits per heavy atom.